The molecule has 1 aromatic heterocycles. The van der Waals surface area contributed by atoms with Crippen molar-refractivity contribution in [3.05, 3.63) is 30.1 Å². The van der Waals surface area contributed by atoms with Crippen LogP contribution in [0.3, 0.4) is 0 Å². The van der Waals surface area contributed by atoms with E-state index in [0.717, 1.165) is 26.3 Å². The Labute approximate surface area is 115 Å². The summed E-state index contributed by atoms with van der Waals surface area (Å²) in [4.78, 5) is 4.16. The molecule has 2 fully saturated rings. The highest BCUT2D eigenvalue weighted by atomic mass is 16.5. The fraction of sp³-hybridized carbons (Fsp3) is 0.688. The van der Waals surface area contributed by atoms with Crippen molar-refractivity contribution in [2.45, 2.75) is 38.0 Å². The monoisotopic (exact) mass is 260 g/mol. The number of hydrogen-bond donors (Lipinski definition) is 1. The van der Waals surface area contributed by atoms with Crippen molar-refractivity contribution in [1.82, 2.24) is 10.3 Å². The number of likely N-dealkylation sites (N-methyl/N-ethyl adjacent to an activating group) is 1. The van der Waals surface area contributed by atoms with Crippen LogP contribution in [-0.4, -0.2) is 31.3 Å². The van der Waals surface area contributed by atoms with Gasteiger partial charge in [0, 0.05) is 37.6 Å². The predicted octanol–water partition coefficient (Wildman–Crippen LogP) is 2.52. The average Bonchev–Trinajstić information content (AvgIpc) is 2.44. The van der Waals surface area contributed by atoms with Gasteiger partial charge in [0.25, 0.3) is 0 Å². The Hall–Kier alpha value is -0.930. The van der Waals surface area contributed by atoms with E-state index in [0.29, 0.717) is 10.8 Å². The number of aromatic nitrogens is 1. The maximum Gasteiger partial charge on any atom is 0.0471 e. The normalized spacial score (nSPS) is 24.1. The van der Waals surface area contributed by atoms with Crippen molar-refractivity contribution in [2.24, 2.45) is 5.41 Å². The Kier molecular flexibility index (Phi) is 3.59. The van der Waals surface area contributed by atoms with Gasteiger partial charge in [-0.3, -0.25) is 4.98 Å². The summed E-state index contributed by atoms with van der Waals surface area (Å²) >= 11 is 0. The Bertz CT molecular complexity index is 404. The lowest BCUT2D eigenvalue weighted by Gasteiger charge is -2.58. The molecule has 1 aliphatic carbocycles. The molecule has 0 bridgehead atoms. The average molecular weight is 260 g/mol. The molecule has 1 spiro atoms. The van der Waals surface area contributed by atoms with Gasteiger partial charge in [0.15, 0.2) is 0 Å². The van der Waals surface area contributed by atoms with E-state index in [4.69, 9.17) is 4.74 Å². The molecule has 0 atom stereocenters. The van der Waals surface area contributed by atoms with Gasteiger partial charge in [0.05, 0.1) is 0 Å². The third kappa shape index (κ3) is 2.41. The first-order chi connectivity index (χ1) is 9.29. The van der Waals surface area contributed by atoms with E-state index in [1.807, 2.05) is 12.4 Å². The van der Waals surface area contributed by atoms with Crippen LogP contribution in [0.25, 0.3) is 0 Å². The van der Waals surface area contributed by atoms with Gasteiger partial charge in [0.2, 0.25) is 0 Å². The molecule has 3 nitrogen and oxygen atoms in total. The maximum atomic E-state index is 5.53. The molecule has 19 heavy (non-hydrogen) atoms. The summed E-state index contributed by atoms with van der Waals surface area (Å²) in [7, 11) is 0. The lowest BCUT2D eigenvalue weighted by atomic mass is 9.48. The Balaban J connectivity index is 1.77. The van der Waals surface area contributed by atoms with Crippen molar-refractivity contribution in [1.29, 1.82) is 0 Å². The van der Waals surface area contributed by atoms with Crippen LogP contribution < -0.4 is 5.32 Å². The molecule has 1 saturated heterocycles. The van der Waals surface area contributed by atoms with E-state index in [9.17, 15) is 0 Å². The Morgan fingerprint density at radius 2 is 1.89 bits per heavy atom. The van der Waals surface area contributed by atoms with Gasteiger partial charge in [0.1, 0.15) is 0 Å². The van der Waals surface area contributed by atoms with E-state index < -0.39 is 0 Å². The fourth-order valence-electron chi connectivity index (χ4n) is 4.04. The molecule has 2 heterocycles. The molecule has 1 saturated carbocycles. The summed E-state index contributed by atoms with van der Waals surface area (Å²) in [5.41, 5.74) is 2.34. The zero-order valence-electron chi connectivity index (χ0n) is 11.8. The summed E-state index contributed by atoms with van der Waals surface area (Å²) in [6.45, 7) is 6.23. The summed E-state index contributed by atoms with van der Waals surface area (Å²) in [5, 5.41) is 3.56. The lowest BCUT2D eigenvalue weighted by molar-refractivity contribution is -0.0736. The molecule has 0 aromatic carbocycles. The second-order valence-corrected chi connectivity index (χ2v) is 6.26. The molecular formula is C16H24N2O. The van der Waals surface area contributed by atoms with Crippen LogP contribution in [0.15, 0.2) is 24.5 Å². The third-order valence-corrected chi connectivity index (χ3v) is 4.99. The molecule has 104 valence electrons. The third-order valence-electron chi connectivity index (χ3n) is 4.99. The second-order valence-electron chi connectivity index (χ2n) is 6.26. The van der Waals surface area contributed by atoms with E-state index >= 15 is 0 Å². The van der Waals surface area contributed by atoms with Gasteiger partial charge in [-0.15, -0.1) is 0 Å². The number of hydrogen-bond acceptors (Lipinski definition) is 3. The quantitative estimate of drug-likeness (QED) is 0.903. The number of nitrogens with one attached hydrogen (secondary N) is 1. The van der Waals surface area contributed by atoms with Crippen LogP contribution in [0.1, 0.15) is 38.2 Å². The minimum absolute atomic E-state index is 0.330. The molecule has 3 heteroatoms. The Morgan fingerprint density at radius 1 is 1.21 bits per heavy atom. The predicted molar refractivity (Wildman–Crippen MR) is 76.2 cm³/mol. The molecule has 0 amide bonds. The molecule has 2 aliphatic rings. The fourth-order valence-corrected chi connectivity index (χ4v) is 4.04. The molecule has 1 aromatic rings. The minimum Gasteiger partial charge on any atom is -0.381 e. The molecule has 3 rings (SSSR count). The highest BCUT2D eigenvalue weighted by molar-refractivity contribution is 5.30. The van der Waals surface area contributed by atoms with Crippen molar-refractivity contribution in [3.63, 3.8) is 0 Å². The van der Waals surface area contributed by atoms with Crippen molar-refractivity contribution in [2.75, 3.05) is 26.3 Å². The minimum atomic E-state index is 0.330. The van der Waals surface area contributed by atoms with Gasteiger partial charge < -0.3 is 10.1 Å². The van der Waals surface area contributed by atoms with E-state index in [1.165, 1.54) is 31.2 Å². The standard InChI is InChI=1S/C16H24N2O/c1-2-17-13-16(14-3-7-18-8-4-14)11-15(12-16)5-9-19-10-6-15/h3-4,7-8,17H,2,5-6,9-13H2,1H3. The molecular weight excluding hydrogens is 236 g/mol. The van der Waals surface area contributed by atoms with Crippen molar-refractivity contribution < 1.29 is 4.74 Å². The topological polar surface area (TPSA) is 34.2 Å². The van der Waals surface area contributed by atoms with Gasteiger partial charge in [-0.2, -0.15) is 0 Å². The molecule has 0 radical (unpaired) electrons. The zero-order chi connectivity index (χ0) is 13.2. The number of nitrogens with zero attached hydrogens (tertiary/aromatic N) is 1. The first-order valence-electron chi connectivity index (χ1n) is 7.48. The van der Waals surface area contributed by atoms with Crippen LogP contribution in [0.4, 0.5) is 0 Å². The van der Waals surface area contributed by atoms with E-state index in [2.05, 4.69) is 29.4 Å². The SMILES string of the molecule is CCNCC1(c2ccncc2)CC2(CCOCC2)C1. The van der Waals surface area contributed by atoms with Gasteiger partial charge in [-0.1, -0.05) is 6.92 Å². The van der Waals surface area contributed by atoms with Gasteiger partial charge >= 0.3 is 0 Å². The second kappa shape index (κ2) is 5.22. The van der Waals surface area contributed by atoms with Gasteiger partial charge in [-0.25, -0.2) is 0 Å². The van der Waals surface area contributed by atoms with E-state index in [1.54, 1.807) is 0 Å². The summed E-state index contributed by atoms with van der Waals surface area (Å²) in [6, 6.07) is 4.40. The van der Waals surface area contributed by atoms with Crippen molar-refractivity contribution >= 4 is 0 Å². The largest absolute Gasteiger partial charge is 0.381 e. The molecule has 0 unspecified atom stereocenters. The summed E-state index contributed by atoms with van der Waals surface area (Å²) < 4.78 is 5.53. The van der Waals surface area contributed by atoms with Crippen molar-refractivity contribution in [3.8, 4) is 0 Å². The van der Waals surface area contributed by atoms with Crippen LogP contribution >= 0.6 is 0 Å². The van der Waals surface area contributed by atoms with Crippen LogP contribution in [-0.2, 0) is 10.2 Å². The number of pyridine rings is 1. The highest BCUT2D eigenvalue weighted by Crippen LogP contribution is 2.59. The molecule has 1 aliphatic heterocycles. The first kappa shape index (κ1) is 13.1. The van der Waals surface area contributed by atoms with Gasteiger partial charge in [-0.05, 0) is 55.3 Å². The number of rotatable bonds is 4. The smallest absolute Gasteiger partial charge is 0.0471 e. The van der Waals surface area contributed by atoms with Crippen LogP contribution in [0.5, 0.6) is 0 Å². The zero-order valence-corrected chi connectivity index (χ0v) is 11.8. The van der Waals surface area contributed by atoms with Crippen LogP contribution in [0, 0.1) is 5.41 Å². The maximum absolute atomic E-state index is 5.53. The first-order valence-corrected chi connectivity index (χ1v) is 7.48. The number of ether oxygens (including phenoxy) is 1. The molecule has 1 N–H and O–H groups in total. The Morgan fingerprint density at radius 3 is 2.53 bits per heavy atom. The van der Waals surface area contributed by atoms with E-state index in [-0.39, 0.29) is 0 Å². The van der Waals surface area contributed by atoms with Crippen LogP contribution in [0.2, 0.25) is 0 Å². The lowest BCUT2D eigenvalue weighted by Crippen LogP contribution is -2.56. The summed E-state index contributed by atoms with van der Waals surface area (Å²) in [6.07, 6.45) is 8.95. The summed E-state index contributed by atoms with van der Waals surface area (Å²) in [5.74, 6) is 0. The highest BCUT2D eigenvalue weighted by Gasteiger charge is 2.54.